The third-order valence-electron chi connectivity index (χ3n) is 4.36. The van der Waals surface area contributed by atoms with Gasteiger partial charge in [-0.25, -0.2) is 9.59 Å². The molecular weight excluding hydrogens is 324 g/mol. The molecule has 0 spiro atoms. The summed E-state index contributed by atoms with van der Waals surface area (Å²) >= 11 is 0. The molecule has 1 saturated heterocycles. The molecular formula is C18H24N2O5. The average molecular weight is 348 g/mol. The van der Waals surface area contributed by atoms with E-state index >= 15 is 0 Å². The van der Waals surface area contributed by atoms with E-state index in [2.05, 4.69) is 4.90 Å². The number of nitrogens with zero attached hydrogens (tertiary/aromatic N) is 2. The van der Waals surface area contributed by atoms with Gasteiger partial charge < -0.3 is 24.4 Å². The SMILES string of the molecule is CC(C)(C)OC(=O)N1CCN2c3ccc(C(=O)O)cc3OCC[C@H]2C1. The predicted octanol–water partition coefficient (Wildman–Crippen LogP) is 2.59. The Balaban J connectivity index is 1.77. The fourth-order valence-electron chi connectivity index (χ4n) is 3.22. The van der Waals surface area contributed by atoms with Gasteiger partial charge in [0.2, 0.25) is 0 Å². The van der Waals surface area contributed by atoms with E-state index < -0.39 is 11.6 Å². The van der Waals surface area contributed by atoms with Gasteiger partial charge in [0.15, 0.2) is 0 Å². The highest BCUT2D eigenvalue weighted by atomic mass is 16.6. The van der Waals surface area contributed by atoms with Crippen LogP contribution >= 0.6 is 0 Å². The Kier molecular flexibility index (Phi) is 4.49. The summed E-state index contributed by atoms with van der Waals surface area (Å²) in [5.74, 6) is -0.380. The lowest BCUT2D eigenvalue weighted by atomic mass is 10.1. The topological polar surface area (TPSA) is 79.3 Å². The Morgan fingerprint density at radius 3 is 2.72 bits per heavy atom. The van der Waals surface area contributed by atoms with E-state index in [-0.39, 0.29) is 17.7 Å². The third-order valence-corrected chi connectivity index (χ3v) is 4.36. The van der Waals surface area contributed by atoms with Crippen LogP contribution in [0.2, 0.25) is 0 Å². The van der Waals surface area contributed by atoms with E-state index in [0.717, 1.165) is 12.1 Å². The largest absolute Gasteiger partial charge is 0.491 e. The van der Waals surface area contributed by atoms with Gasteiger partial charge >= 0.3 is 12.1 Å². The number of piperazine rings is 1. The minimum Gasteiger partial charge on any atom is -0.491 e. The Morgan fingerprint density at radius 2 is 2.04 bits per heavy atom. The lowest BCUT2D eigenvalue weighted by Gasteiger charge is -2.42. The number of aromatic carboxylic acids is 1. The van der Waals surface area contributed by atoms with E-state index in [1.807, 2.05) is 20.8 Å². The summed E-state index contributed by atoms with van der Waals surface area (Å²) in [7, 11) is 0. The number of carbonyl (C=O) groups is 2. The normalized spacial score (nSPS) is 20.0. The van der Waals surface area contributed by atoms with Crippen molar-refractivity contribution < 1.29 is 24.2 Å². The number of rotatable bonds is 1. The smallest absolute Gasteiger partial charge is 0.410 e. The molecule has 0 aromatic heterocycles. The van der Waals surface area contributed by atoms with Crippen molar-refractivity contribution in [1.29, 1.82) is 0 Å². The van der Waals surface area contributed by atoms with Crippen LogP contribution in [0.3, 0.4) is 0 Å². The van der Waals surface area contributed by atoms with Crippen LogP contribution < -0.4 is 9.64 Å². The molecule has 2 aliphatic rings. The van der Waals surface area contributed by atoms with Gasteiger partial charge in [0.25, 0.3) is 0 Å². The van der Waals surface area contributed by atoms with Crippen molar-refractivity contribution in [3.8, 4) is 5.75 Å². The van der Waals surface area contributed by atoms with Crippen LogP contribution in [0.15, 0.2) is 18.2 Å². The Bertz CT molecular complexity index is 683. The van der Waals surface area contributed by atoms with Crippen molar-refractivity contribution in [2.45, 2.75) is 38.8 Å². The molecule has 1 fully saturated rings. The van der Waals surface area contributed by atoms with E-state index in [1.54, 1.807) is 23.1 Å². The van der Waals surface area contributed by atoms with Crippen LogP contribution in [0.4, 0.5) is 10.5 Å². The number of carboxylic acid groups (broad SMARTS) is 1. The van der Waals surface area contributed by atoms with Gasteiger partial charge in [0, 0.05) is 26.1 Å². The second-order valence-corrected chi connectivity index (χ2v) is 7.40. The number of ether oxygens (including phenoxy) is 2. The second-order valence-electron chi connectivity index (χ2n) is 7.40. The van der Waals surface area contributed by atoms with Crippen molar-refractivity contribution in [3.63, 3.8) is 0 Å². The molecule has 2 aliphatic heterocycles. The molecule has 1 aromatic rings. The summed E-state index contributed by atoms with van der Waals surface area (Å²) in [5, 5.41) is 9.15. The van der Waals surface area contributed by atoms with Crippen molar-refractivity contribution in [3.05, 3.63) is 23.8 Å². The van der Waals surface area contributed by atoms with Gasteiger partial charge in [-0.2, -0.15) is 0 Å². The summed E-state index contributed by atoms with van der Waals surface area (Å²) in [6.45, 7) is 7.85. The molecule has 2 heterocycles. The van der Waals surface area contributed by atoms with E-state index in [1.165, 1.54) is 0 Å². The number of carbonyl (C=O) groups excluding carboxylic acids is 1. The summed E-state index contributed by atoms with van der Waals surface area (Å²) < 4.78 is 11.2. The van der Waals surface area contributed by atoms with Gasteiger partial charge in [-0.05, 0) is 39.0 Å². The average Bonchev–Trinajstić information content (AvgIpc) is 2.71. The van der Waals surface area contributed by atoms with Crippen LogP contribution in [-0.4, -0.2) is 60.0 Å². The lowest BCUT2D eigenvalue weighted by molar-refractivity contribution is 0.0211. The highest BCUT2D eigenvalue weighted by molar-refractivity contribution is 5.89. The van der Waals surface area contributed by atoms with Crippen LogP contribution in [0.25, 0.3) is 0 Å². The van der Waals surface area contributed by atoms with E-state index in [0.29, 0.717) is 32.0 Å². The number of benzene rings is 1. The number of fused-ring (bicyclic) bond motifs is 3. The molecule has 0 saturated carbocycles. The minimum atomic E-state index is -0.970. The molecule has 0 radical (unpaired) electrons. The number of carboxylic acids is 1. The first-order chi connectivity index (χ1) is 11.7. The summed E-state index contributed by atoms with van der Waals surface area (Å²) in [6, 6.07) is 5.08. The van der Waals surface area contributed by atoms with Crippen molar-refractivity contribution in [2.75, 3.05) is 31.1 Å². The molecule has 1 atom stereocenters. The highest BCUT2D eigenvalue weighted by Gasteiger charge is 2.34. The van der Waals surface area contributed by atoms with Crippen LogP contribution in [-0.2, 0) is 4.74 Å². The van der Waals surface area contributed by atoms with Gasteiger partial charge in [-0.3, -0.25) is 0 Å². The molecule has 0 aliphatic carbocycles. The molecule has 7 nitrogen and oxygen atoms in total. The van der Waals surface area contributed by atoms with Gasteiger partial charge in [0.1, 0.15) is 11.4 Å². The Morgan fingerprint density at radius 1 is 1.28 bits per heavy atom. The Labute approximate surface area is 147 Å². The molecule has 1 aromatic carbocycles. The molecule has 3 rings (SSSR count). The van der Waals surface area contributed by atoms with Gasteiger partial charge in [0.05, 0.1) is 23.9 Å². The second kappa shape index (κ2) is 6.46. The van der Waals surface area contributed by atoms with Crippen LogP contribution in [0, 0.1) is 0 Å². The minimum absolute atomic E-state index is 0.123. The van der Waals surface area contributed by atoms with Crippen molar-refractivity contribution >= 4 is 17.7 Å². The fourth-order valence-corrected chi connectivity index (χ4v) is 3.22. The lowest BCUT2D eigenvalue weighted by Crippen LogP contribution is -2.55. The third kappa shape index (κ3) is 3.81. The number of amides is 1. The van der Waals surface area contributed by atoms with Crippen molar-refractivity contribution in [1.82, 2.24) is 4.90 Å². The first-order valence-electron chi connectivity index (χ1n) is 8.49. The van der Waals surface area contributed by atoms with E-state index in [4.69, 9.17) is 14.6 Å². The maximum Gasteiger partial charge on any atom is 0.410 e. The van der Waals surface area contributed by atoms with E-state index in [9.17, 15) is 9.59 Å². The highest BCUT2D eigenvalue weighted by Crippen LogP contribution is 2.35. The number of anilines is 1. The molecule has 25 heavy (non-hydrogen) atoms. The molecule has 136 valence electrons. The quantitative estimate of drug-likeness (QED) is 0.840. The summed E-state index contributed by atoms with van der Waals surface area (Å²) in [5.41, 5.74) is 0.585. The molecule has 0 unspecified atom stereocenters. The molecule has 7 heteroatoms. The predicted molar refractivity (Wildman–Crippen MR) is 92.5 cm³/mol. The van der Waals surface area contributed by atoms with Gasteiger partial charge in [-0.15, -0.1) is 0 Å². The van der Waals surface area contributed by atoms with Crippen LogP contribution in [0.1, 0.15) is 37.6 Å². The Hall–Kier alpha value is -2.44. The number of hydrogen-bond donors (Lipinski definition) is 1. The maximum absolute atomic E-state index is 12.3. The first-order valence-corrected chi connectivity index (χ1v) is 8.49. The van der Waals surface area contributed by atoms with Crippen molar-refractivity contribution in [2.24, 2.45) is 0 Å². The summed E-state index contributed by atoms with van der Waals surface area (Å²) in [4.78, 5) is 27.4. The zero-order valence-electron chi connectivity index (χ0n) is 14.8. The zero-order chi connectivity index (χ0) is 18.2. The standard InChI is InChI=1S/C18H24N2O5/c1-18(2,3)25-17(23)19-7-8-20-13(11-19)6-9-24-15-10-12(16(21)22)4-5-14(15)20/h4-5,10,13H,6-9,11H2,1-3H3,(H,21,22)/t13-/m0/s1. The fraction of sp³-hybridized carbons (Fsp3) is 0.556. The van der Waals surface area contributed by atoms with Crippen LogP contribution in [0.5, 0.6) is 5.75 Å². The first kappa shape index (κ1) is 17.4. The maximum atomic E-state index is 12.3. The summed E-state index contributed by atoms with van der Waals surface area (Å²) in [6.07, 6.45) is 0.467. The zero-order valence-corrected chi connectivity index (χ0v) is 14.8. The molecule has 1 amide bonds. The monoisotopic (exact) mass is 348 g/mol. The number of hydrogen-bond acceptors (Lipinski definition) is 5. The molecule has 1 N–H and O–H groups in total. The molecule has 0 bridgehead atoms. The van der Waals surface area contributed by atoms with Gasteiger partial charge in [-0.1, -0.05) is 0 Å².